The van der Waals surface area contributed by atoms with Crippen molar-refractivity contribution in [3.05, 3.63) is 29.3 Å². The van der Waals surface area contributed by atoms with Crippen LogP contribution in [0, 0.1) is 11.6 Å². The highest BCUT2D eigenvalue weighted by Gasteiger charge is 2.14. The fourth-order valence-corrected chi connectivity index (χ4v) is 1.47. The van der Waals surface area contributed by atoms with Crippen molar-refractivity contribution in [2.24, 2.45) is 0 Å². The van der Waals surface area contributed by atoms with Gasteiger partial charge >= 0.3 is 0 Å². The maximum Gasteiger partial charge on any atom is 0.190 e. The lowest BCUT2D eigenvalue weighted by Crippen LogP contribution is -2.12. The Labute approximate surface area is 111 Å². The van der Waals surface area contributed by atoms with Gasteiger partial charge in [-0.05, 0) is 30.5 Å². The summed E-state index contributed by atoms with van der Waals surface area (Å²) in [4.78, 5) is 10.6. The van der Waals surface area contributed by atoms with Crippen molar-refractivity contribution in [3.63, 3.8) is 0 Å². The topological polar surface area (TPSA) is 35.5 Å². The van der Waals surface area contributed by atoms with Crippen molar-refractivity contribution in [1.29, 1.82) is 0 Å². The molecule has 0 fully saturated rings. The summed E-state index contributed by atoms with van der Waals surface area (Å²) in [5, 5.41) is 0. The van der Waals surface area contributed by atoms with Gasteiger partial charge < -0.3 is 9.47 Å². The number of ether oxygens (including phenoxy) is 2. The first kappa shape index (κ1) is 15.6. The minimum Gasteiger partial charge on any atom is -0.485 e. The second kappa shape index (κ2) is 7.19. The van der Waals surface area contributed by atoms with Crippen LogP contribution in [0.2, 0.25) is 0 Å². The molecule has 0 bridgehead atoms. The molecule has 19 heavy (non-hydrogen) atoms. The molecule has 0 heterocycles. The van der Waals surface area contributed by atoms with Crippen molar-refractivity contribution in [1.82, 2.24) is 0 Å². The van der Waals surface area contributed by atoms with E-state index in [-0.39, 0.29) is 31.5 Å². The summed E-state index contributed by atoms with van der Waals surface area (Å²) in [6, 6.07) is 2.53. The third kappa shape index (κ3) is 4.95. The molecule has 5 heteroatoms. The SMILES string of the molecule is CC(=O)COCCOc1c(F)cc(C(C)C)cc1F. The molecule has 0 saturated carbocycles. The number of rotatable bonds is 7. The fourth-order valence-electron chi connectivity index (χ4n) is 1.47. The third-order valence-electron chi connectivity index (χ3n) is 2.47. The van der Waals surface area contributed by atoms with Gasteiger partial charge in [-0.15, -0.1) is 0 Å². The zero-order valence-electron chi connectivity index (χ0n) is 11.3. The van der Waals surface area contributed by atoms with Gasteiger partial charge in [-0.2, -0.15) is 0 Å². The highest BCUT2D eigenvalue weighted by molar-refractivity contribution is 5.76. The smallest absolute Gasteiger partial charge is 0.190 e. The molecule has 0 unspecified atom stereocenters. The van der Waals surface area contributed by atoms with E-state index < -0.39 is 17.4 Å². The van der Waals surface area contributed by atoms with Crippen LogP contribution in [-0.2, 0) is 9.53 Å². The maximum atomic E-state index is 13.6. The van der Waals surface area contributed by atoms with E-state index in [1.807, 2.05) is 13.8 Å². The van der Waals surface area contributed by atoms with Crippen molar-refractivity contribution >= 4 is 5.78 Å². The van der Waals surface area contributed by atoms with Crippen LogP contribution in [0.4, 0.5) is 8.78 Å². The maximum absolute atomic E-state index is 13.6. The van der Waals surface area contributed by atoms with Crippen LogP contribution >= 0.6 is 0 Å². The Morgan fingerprint density at radius 2 is 1.79 bits per heavy atom. The number of carbonyl (C=O) groups is 1. The fraction of sp³-hybridized carbons (Fsp3) is 0.500. The molecule has 0 N–H and O–H groups in total. The number of hydrogen-bond acceptors (Lipinski definition) is 3. The van der Waals surface area contributed by atoms with Gasteiger partial charge in [-0.3, -0.25) is 4.79 Å². The van der Waals surface area contributed by atoms with E-state index in [1.54, 1.807) is 0 Å². The number of hydrogen-bond donors (Lipinski definition) is 0. The van der Waals surface area contributed by atoms with Crippen molar-refractivity contribution < 1.29 is 23.0 Å². The van der Waals surface area contributed by atoms with Gasteiger partial charge in [0.2, 0.25) is 0 Å². The quantitative estimate of drug-likeness (QED) is 0.716. The minimum atomic E-state index is -0.727. The molecule has 0 saturated heterocycles. The average Bonchev–Trinajstić information content (AvgIpc) is 2.30. The van der Waals surface area contributed by atoms with Gasteiger partial charge in [0.25, 0.3) is 0 Å². The molecule has 1 rings (SSSR count). The average molecular weight is 272 g/mol. The molecule has 0 aromatic heterocycles. The van der Waals surface area contributed by atoms with E-state index in [4.69, 9.17) is 9.47 Å². The van der Waals surface area contributed by atoms with Crippen molar-refractivity contribution in [2.75, 3.05) is 19.8 Å². The van der Waals surface area contributed by atoms with Gasteiger partial charge in [0, 0.05) is 0 Å². The van der Waals surface area contributed by atoms with Crippen LogP contribution < -0.4 is 4.74 Å². The molecule has 0 aliphatic heterocycles. The molecule has 0 amide bonds. The predicted molar refractivity (Wildman–Crippen MR) is 67.4 cm³/mol. The Balaban J connectivity index is 2.57. The normalized spacial score (nSPS) is 10.8. The first-order chi connectivity index (χ1) is 8.91. The van der Waals surface area contributed by atoms with Gasteiger partial charge in [-0.25, -0.2) is 8.78 Å². The van der Waals surface area contributed by atoms with Crippen LogP contribution in [0.3, 0.4) is 0 Å². The highest BCUT2D eigenvalue weighted by atomic mass is 19.1. The highest BCUT2D eigenvalue weighted by Crippen LogP contribution is 2.26. The molecule has 106 valence electrons. The van der Waals surface area contributed by atoms with Crippen LogP contribution in [0.15, 0.2) is 12.1 Å². The van der Waals surface area contributed by atoms with Crippen LogP contribution in [0.5, 0.6) is 5.75 Å². The van der Waals surface area contributed by atoms with E-state index >= 15 is 0 Å². The lowest BCUT2D eigenvalue weighted by Gasteiger charge is -2.11. The van der Waals surface area contributed by atoms with Gasteiger partial charge in [0.1, 0.15) is 13.2 Å². The summed E-state index contributed by atoms with van der Waals surface area (Å²) in [5.74, 6) is -1.93. The Kier molecular flexibility index (Phi) is 5.89. The summed E-state index contributed by atoms with van der Waals surface area (Å²) in [7, 11) is 0. The standard InChI is InChI=1S/C14H18F2O3/c1-9(2)11-6-12(15)14(13(16)7-11)19-5-4-18-8-10(3)17/h6-7,9H,4-5,8H2,1-3H3. The molecule has 0 spiro atoms. The molecule has 1 aromatic carbocycles. The number of halogens is 2. The van der Waals surface area contributed by atoms with E-state index in [9.17, 15) is 13.6 Å². The van der Waals surface area contributed by atoms with E-state index in [0.29, 0.717) is 5.56 Å². The summed E-state index contributed by atoms with van der Waals surface area (Å²) in [6.45, 7) is 5.16. The van der Waals surface area contributed by atoms with Crippen LogP contribution in [-0.4, -0.2) is 25.6 Å². The number of Topliss-reactive ketones (excluding diaryl/α,β-unsaturated/α-hetero) is 1. The number of ketones is 1. The second-order valence-electron chi connectivity index (χ2n) is 4.57. The van der Waals surface area contributed by atoms with E-state index in [0.717, 1.165) is 0 Å². The van der Waals surface area contributed by atoms with Crippen LogP contribution in [0.25, 0.3) is 0 Å². The summed E-state index contributed by atoms with van der Waals surface area (Å²) >= 11 is 0. The van der Waals surface area contributed by atoms with E-state index in [2.05, 4.69) is 0 Å². The molecule has 0 aliphatic carbocycles. The number of carbonyl (C=O) groups excluding carboxylic acids is 1. The Bertz CT molecular complexity index is 421. The Morgan fingerprint density at radius 1 is 1.21 bits per heavy atom. The third-order valence-corrected chi connectivity index (χ3v) is 2.47. The molecular weight excluding hydrogens is 254 g/mol. The van der Waals surface area contributed by atoms with Gasteiger partial charge in [0.15, 0.2) is 23.2 Å². The number of benzene rings is 1. The largest absolute Gasteiger partial charge is 0.485 e. The molecule has 0 radical (unpaired) electrons. The molecule has 0 atom stereocenters. The lowest BCUT2D eigenvalue weighted by atomic mass is 10.0. The zero-order chi connectivity index (χ0) is 14.4. The van der Waals surface area contributed by atoms with Crippen molar-refractivity contribution in [2.45, 2.75) is 26.7 Å². The summed E-state index contributed by atoms with van der Waals surface area (Å²) < 4.78 is 37.2. The minimum absolute atomic E-state index is 0.0118. The predicted octanol–water partition coefficient (Wildman–Crippen LogP) is 3.07. The summed E-state index contributed by atoms with van der Waals surface area (Å²) in [5.41, 5.74) is 0.579. The Morgan fingerprint density at radius 3 is 2.26 bits per heavy atom. The molecule has 1 aromatic rings. The van der Waals surface area contributed by atoms with Crippen LogP contribution in [0.1, 0.15) is 32.3 Å². The summed E-state index contributed by atoms with van der Waals surface area (Å²) in [6.07, 6.45) is 0. The zero-order valence-corrected chi connectivity index (χ0v) is 11.3. The molecular formula is C14H18F2O3. The van der Waals surface area contributed by atoms with E-state index in [1.165, 1.54) is 19.1 Å². The van der Waals surface area contributed by atoms with Crippen molar-refractivity contribution in [3.8, 4) is 5.75 Å². The lowest BCUT2D eigenvalue weighted by molar-refractivity contribution is -0.121. The monoisotopic (exact) mass is 272 g/mol. The molecule has 0 aliphatic rings. The van der Waals surface area contributed by atoms with Gasteiger partial charge in [0.05, 0.1) is 6.61 Å². The Hall–Kier alpha value is -1.49. The van der Waals surface area contributed by atoms with Gasteiger partial charge in [-0.1, -0.05) is 13.8 Å². The molecule has 3 nitrogen and oxygen atoms in total. The first-order valence-electron chi connectivity index (χ1n) is 6.10. The second-order valence-corrected chi connectivity index (χ2v) is 4.57. The first-order valence-corrected chi connectivity index (χ1v) is 6.10.